The minimum absolute atomic E-state index is 0.0417. The molecule has 1 heterocycles. The van der Waals surface area contributed by atoms with Crippen molar-refractivity contribution in [2.45, 2.75) is 64.5 Å². The molecule has 0 saturated carbocycles. The van der Waals surface area contributed by atoms with Crippen LogP contribution in [0.5, 0.6) is 23.0 Å². The summed E-state index contributed by atoms with van der Waals surface area (Å²) in [5, 5.41) is 8.87. The Morgan fingerprint density at radius 1 is 0.731 bits per heavy atom. The molecule has 15 heteroatoms. The van der Waals surface area contributed by atoms with Gasteiger partial charge in [-0.1, -0.05) is 26.8 Å². The summed E-state index contributed by atoms with van der Waals surface area (Å²) in [5.74, 6) is 0.330. The Bertz CT molecular complexity index is 1830. The van der Waals surface area contributed by atoms with Crippen LogP contribution in [0.2, 0.25) is 0 Å². The number of halogens is 6. The van der Waals surface area contributed by atoms with E-state index in [1.807, 2.05) is 39.0 Å². The first-order valence-corrected chi connectivity index (χ1v) is 16.0. The van der Waals surface area contributed by atoms with E-state index in [9.17, 15) is 31.1 Å². The largest absolute Gasteiger partial charge is 0.496 e. The average Bonchev–Trinajstić information content (AvgIpc) is 3.08. The van der Waals surface area contributed by atoms with E-state index in [0.717, 1.165) is 5.56 Å². The van der Waals surface area contributed by atoms with E-state index < -0.39 is 36.0 Å². The van der Waals surface area contributed by atoms with Crippen molar-refractivity contribution < 1.29 is 55.2 Å². The van der Waals surface area contributed by atoms with Gasteiger partial charge < -0.3 is 29.0 Å². The van der Waals surface area contributed by atoms with Crippen molar-refractivity contribution in [3.05, 3.63) is 88.7 Å². The van der Waals surface area contributed by atoms with Gasteiger partial charge in [-0.3, -0.25) is 4.79 Å². The van der Waals surface area contributed by atoms with Gasteiger partial charge in [-0.25, -0.2) is 9.97 Å². The maximum Gasteiger partial charge on any atom is 0.416 e. The molecule has 52 heavy (non-hydrogen) atoms. The van der Waals surface area contributed by atoms with E-state index >= 15 is 0 Å². The molecular weight excluding hydrogens is 696 g/mol. The third kappa shape index (κ3) is 9.98. The Hall–Kier alpha value is -5.21. The van der Waals surface area contributed by atoms with Crippen molar-refractivity contribution >= 4 is 11.9 Å². The molecule has 0 spiro atoms. The molecule has 0 fully saturated rings. The number of aromatic nitrogens is 2. The van der Waals surface area contributed by atoms with Crippen molar-refractivity contribution in [2.24, 2.45) is 0 Å². The third-order valence-corrected chi connectivity index (χ3v) is 8.05. The molecule has 0 atom stereocenters. The van der Waals surface area contributed by atoms with Crippen LogP contribution in [-0.4, -0.2) is 49.0 Å². The summed E-state index contributed by atoms with van der Waals surface area (Å²) in [5.41, 5.74) is -0.755. The highest BCUT2D eigenvalue weighted by Gasteiger charge is 2.37. The molecule has 1 N–H and O–H groups in total. The lowest BCUT2D eigenvalue weighted by Crippen LogP contribution is -2.25. The van der Waals surface area contributed by atoms with Crippen LogP contribution < -0.4 is 23.8 Å². The lowest BCUT2D eigenvalue weighted by atomic mass is 9.84. The first kappa shape index (κ1) is 39.6. The lowest BCUT2D eigenvalue weighted by Gasteiger charge is -2.27. The highest BCUT2D eigenvalue weighted by Crippen LogP contribution is 2.42. The van der Waals surface area contributed by atoms with Crippen LogP contribution in [0.25, 0.3) is 11.1 Å². The molecule has 0 unspecified atom stereocenters. The van der Waals surface area contributed by atoms with Gasteiger partial charge in [0.15, 0.2) is 17.2 Å². The SMILES string of the molecule is COc1cc(CN(Cc2cc(C(F)(F)F)cc(C(F)(F)F)c2)c2ncc(OCCCC(=O)O)cn2)c(-c2cc(C(C)(C)C)ccc2OC)cc1OC. The van der Waals surface area contributed by atoms with Gasteiger partial charge in [-0.2, -0.15) is 26.3 Å². The number of nitrogens with zero attached hydrogens (tertiary/aromatic N) is 3. The second kappa shape index (κ2) is 16.0. The number of hydrogen-bond donors (Lipinski definition) is 1. The van der Waals surface area contributed by atoms with Crippen molar-refractivity contribution in [1.29, 1.82) is 0 Å². The summed E-state index contributed by atoms with van der Waals surface area (Å²) in [7, 11) is 4.40. The van der Waals surface area contributed by atoms with Gasteiger partial charge in [0.25, 0.3) is 0 Å². The quantitative estimate of drug-likeness (QED) is 0.100. The van der Waals surface area contributed by atoms with Crippen molar-refractivity contribution in [3.8, 4) is 34.1 Å². The topological polar surface area (TPSA) is 103 Å². The smallest absolute Gasteiger partial charge is 0.416 e. The zero-order chi connectivity index (χ0) is 38.4. The highest BCUT2D eigenvalue weighted by molar-refractivity contribution is 5.77. The summed E-state index contributed by atoms with van der Waals surface area (Å²) in [4.78, 5) is 20.9. The van der Waals surface area contributed by atoms with Gasteiger partial charge in [-0.05, 0) is 76.6 Å². The van der Waals surface area contributed by atoms with E-state index in [1.54, 1.807) is 12.1 Å². The molecule has 4 aromatic rings. The molecule has 280 valence electrons. The molecule has 0 aliphatic heterocycles. The normalized spacial score (nSPS) is 12.0. The Kier molecular flexibility index (Phi) is 12.2. The van der Waals surface area contributed by atoms with Gasteiger partial charge >= 0.3 is 18.3 Å². The molecule has 0 bridgehead atoms. The predicted octanol–water partition coefficient (Wildman–Crippen LogP) is 8.95. The number of ether oxygens (including phenoxy) is 4. The number of carbonyl (C=O) groups is 1. The second-order valence-corrected chi connectivity index (χ2v) is 12.9. The minimum atomic E-state index is -5.05. The average molecular weight is 736 g/mol. The molecular formula is C37H39F6N3O6. The van der Waals surface area contributed by atoms with Crippen LogP contribution in [0.3, 0.4) is 0 Å². The molecule has 1 aromatic heterocycles. The predicted molar refractivity (Wildman–Crippen MR) is 181 cm³/mol. The Morgan fingerprint density at radius 2 is 1.31 bits per heavy atom. The number of hydrogen-bond acceptors (Lipinski definition) is 8. The molecule has 0 aliphatic carbocycles. The summed E-state index contributed by atoms with van der Waals surface area (Å²) < 4.78 is 106. The highest BCUT2D eigenvalue weighted by atomic mass is 19.4. The molecule has 0 aliphatic rings. The van der Waals surface area contributed by atoms with Gasteiger partial charge in [0.2, 0.25) is 5.95 Å². The van der Waals surface area contributed by atoms with E-state index in [2.05, 4.69) is 9.97 Å². The number of aliphatic carboxylic acids is 1. The van der Waals surface area contributed by atoms with Crippen molar-refractivity contribution in [1.82, 2.24) is 9.97 Å². The van der Waals surface area contributed by atoms with Crippen LogP contribution in [0.1, 0.15) is 61.4 Å². The second-order valence-electron chi connectivity index (χ2n) is 12.9. The first-order valence-electron chi connectivity index (χ1n) is 16.0. The molecule has 0 saturated heterocycles. The molecule has 4 rings (SSSR count). The van der Waals surface area contributed by atoms with Crippen molar-refractivity contribution in [2.75, 3.05) is 32.8 Å². The third-order valence-electron chi connectivity index (χ3n) is 8.05. The number of carboxylic acids is 1. The number of alkyl halides is 6. The van der Waals surface area contributed by atoms with E-state index in [-0.39, 0.29) is 54.7 Å². The Balaban J connectivity index is 1.89. The number of rotatable bonds is 14. The van der Waals surface area contributed by atoms with Crippen molar-refractivity contribution in [3.63, 3.8) is 0 Å². The fourth-order valence-electron chi connectivity index (χ4n) is 5.38. The van der Waals surface area contributed by atoms with Gasteiger partial charge in [0.1, 0.15) is 5.75 Å². The minimum Gasteiger partial charge on any atom is -0.496 e. The molecule has 9 nitrogen and oxygen atoms in total. The summed E-state index contributed by atoms with van der Waals surface area (Å²) >= 11 is 0. The van der Waals surface area contributed by atoms with Crippen LogP contribution in [0.4, 0.5) is 32.3 Å². The Morgan fingerprint density at radius 3 is 1.83 bits per heavy atom. The molecule has 3 aromatic carbocycles. The number of carboxylic acid groups (broad SMARTS) is 1. The fourth-order valence-corrected chi connectivity index (χ4v) is 5.38. The van der Waals surface area contributed by atoms with E-state index in [4.69, 9.17) is 24.1 Å². The fraction of sp³-hybridized carbons (Fsp3) is 0.378. The van der Waals surface area contributed by atoms with Gasteiger partial charge in [0, 0.05) is 25.1 Å². The first-order chi connectivity index (χ1) is 24.3. The van der Waals surface area contributed by atoms with Crippen LogP contribution in [-0.2, 0) is 35.7 Å². The standard InChI is InChI=1S/C37H39F6N3O6/c1-35(2,3)24-9-10-30(49-4)29(16-24)28-17-32(51-6)31(50-5)14-23(28)21-46(34-44-18-27(19-45-34)52-11-7-8-33(47)48)20-22-12-25(36(38,39)40)15-26(13-22)37(41,42)43/h9-10,12-19H,7-8,11,20-21H2,1-6H3,(H,47,48). The monoisotopic (exact) mass is 735 g/mol. The lowest BCUT2D eigenvalue weighted by molar-refractivity contribution is -0.143. The molecule has 0 radical (unpaired) electrons. The number of anilines is 1. The summed E-state index contributed by atoms with van der Waals surface area (Å²) in [6.45, 7) is 5.56. The van der Waals surface area contributed by atoms with Gasteiger partial charge in [0.05, 0.1) is 51.5 Å². The van der Waals surface area contributed by atoms with Crippen LogP contribution in [0.15, 0.2) is 60.9 Å². The van der Waals surface area contributed by atoms with E-state index in [1.165, 1.54) is 38.6 Å². The van der Waals surface area contributed by atoms with E-state index in [0.29, 0.717) is 46.1 Å². The summed E-state index contributed by atoms with van der Waals surface area (Å²) in [6, 6.07) is 10.5. The zero-order valence-electron chi connectivity index (χ0n) is 29.4. The summed E-state index contributed by atoms with van der Waals surface area (Å²) in [6.07, 6.45) is -7.45. The maximum atomic E-state index is 13.9. The zero-order valence-corrected chi connectivity index (χ0v) is 29.4. The number of benzene rings is 3. The Labute approximate surface area is 297 Å². The van der Waals surface area contributed by atoms with Crippen LogP contribution in [0, 0.1) is 0 Å². The van der Waals surface area contributed by atoms with Crippen LogP contribution >= 0.6 is 0 Å². The van der Waals surface area contributed by atoms with Gasteiger partial charge in [-0.15, -0.1) is 0 Å². The number of methoxy groups -OCH3 is 3. The molecule has 0 amide bonds. The maximum absolute atomic E-state index is 13.9.